The molecule has 1 N–H and O–H groups in total. The SMILES string of the molecule is N#Cc1cc(S(=O)(=O)Nc2ncns2)ccc1Oc1ccc(F)cc1Br. The fourth-order valence-corrected chi connectivity index (χ4v) is 4.04. The third kappa shape index (κ3) is 3.98. The molecule has 132 valence electrons. The predicted molar refractivity (Wildman–Crippen MR) is 96.0 cm³/mol. The van der Waals surface area contributed by atoms with E-state index >= 15 is 0 Å². The molecule has 3 aromatic rings. The maximum Gasteiger partial charge on any atom is 0.263 e. The van der Waals surface area contributed by atoms with Gasteiger partial charge in [0.05, 0.1) is 14.9 Å². The number of rotatable bonds is 5. The van der Waals surface area contributed by atoms with Crippen molar-refractivity contribution in [3.05, 3.63) is 58.6 Å². The molecular formula is C15H8BrFN4O3S2. The molecule has 0 aliphatic carbocycles. The minimum absolute atomic E-state index is 0.00126. The highest BCUT2D eigenvalue weighted by Crippen LogP contribution is 2.33. The zero-order chi connectivity index (χ0) is 18.7. The van der Waals surface area contributed by atoms with Crippen LogP contribution in [-0.2, 0) is 10.0 Å². The Morgan fingerprint density at radius 3 is 2.65 bits per heavy atom. The highest BCUT2D eigenvalue weighted by atomic mass is 79.9. The number of nitriles is 1. The Hall–Kier alpha value is -2.55. The summed E-state index contributed by atoms with van der Waals surface area (Å²) in [6.45, 7) is 0. The number of hydrogen-bond acceptors (Lipinski definition) is 7. The maximum absolute atomic E-state index is 13.2. The number of hydrogen-bond donors (Lipinski definition) is 1. The van der Waals surface area contributed by atoms with Gasteiger partial charge in [-0.05, 0) is 52.3 Å². The van der Waals surface area contributed by atoms with E-state index in [1.54, 1.807) is 0 Å². The number of ether oxygens (including phenoxy) is 1. The largest absolute Gasteiger partial charge is 0.455 e. The van der Waals surface area contributed by atoms with Gasteiger partial charge in [0, 0.05) is 11.5 Å². The van der Waals surface area contributed by atoms with Gasteiger partial charge in [0.2, 0.25) is 5.13 Å². The molecule has 11 heteroatoms. The Labute approximate surface area is 160 Å². The Kier molecular flexibility index (Phi) is 5.17. The first-order valence-electron chi connectivity index (χ1n) is 6.85. The fourth-order valence-electron chi connectivity index (χ4n) is 1.92. The van der Waals surface area contributed by atoms with E-state index in [1.165, 1.54) is 42.7 Å². The van der Waals surface area contributed by atoms with Crippen molar-refractivity contribution in [2.75, 3.05) is 4.72 Å². The zero-order valence-electron chi connectivity index (χ0n) is 12.7. The van der Waals surface area contributed by atoms with Crippen molar-refractivity contribution in [1.82, 2.24) is 9.36 Å². The number of aromatic nitrogens is 2. The van der Waals surface area contributed by atoms with Gasteiger partial charge in [0.25, 0.3) is 10.0 Å². The molecular weight excluding hydrogens is 447 g/mol. The van der Waals surface area contributed by atoms with Gasteiger partial charge in [-0.3, -0.25) is 4.72 Å². The second kappa shape index (κ2) is 7.36. The lowest BCUT2D eigenvalue weighted by molar-refractivity contribution is 0.475. The lowest BCUT2D eigenvalue weighted by atomic mass is 10.2. The lowest BCUT2D eigenvalue weighted by Gasteiger charge is -2.11. The first-order valence-corrected chi connectivity index (χ1v) is 9.90. The van der Waals surface area contributed by atoms with Crippen LogP contribution in [0.5, 0.6) is 11.5 Å². The monoisotopic (exact) mass is 454 g/mol. The van der Waals surface area contributed by atoms with Gasteiger partial charge >= 0.3 is 0 Å². The molecule has 0 atom stereocenters. The van der Waals surface area contributed by atoms with Crippen molar-refractivity contribution in [1.29, 1.82) is 5.26 Å². The summed E-state index contributed by atoms with van der Waals surface area (Å²) in [6.07, 6.45) is 1.22. The summed E-state index contributed by atoms with van der Waals surface area (Å²) < 4.78 is 49.8. The molecule has 0 amide bonds. The van der Waals surface area contributed by atoms with Crippen LogP contribution >= 0.6 is 27.5 Å². The molecule has 1 heterocycles. The third-order valence-electron chi connectivity index (χ3n) is 3.08. The molecule has 0 bridgehead atoms. The standard InChI is InChI=1S/C15H8BrFN4O3S2/c16-12-6-10(17)1-3-14(12)24-13-4-2-11(5-9(13)7-18)26(22,23)21-15-19-8-20-25-15/h1-6,8H,(H,19,20,21). The van der Waals surface area contributed by atoms with Crippen LogP contribution in [0.2, 0.25) is 0 Å². The summed E-state index contributed by atoms with van der Waals surface area (Å²) in [5.74, 6) is -0.0333. The van der Waals surface area contributed by atoms with Crippen molar-refractivity contribution in [3.63, 3.8) is 0 Å². The Balaban J connectivity index is 1.92. The van der Waals surface area contributed by atoms with E-state index in [1.807, 2.05) is 6.07 Å². The van der Waals surface area contributed by atoms with Crippen molar-refractivity contribution >= 4 is 42.6 Å². The smallest absolute Gasteiger partial charge is 0.263 e. The molecule has 0 spiro atoms. The number of sulfonamides is 1. The van der Waals surface area contributed by atoms with Crippen LogP contribution in [0.1, 0.15) is 5.56 Å². The van der Waals surface area contributed by atoms with Crippen molar-refractivity contribution < 1.29 is 17.5 Å². The summed E-state index contributed by atoms with van der Waals surface area (Å²) in [5.41, 5.74) is 0.00126. The van der Waals surface area contributed by atoms with Gasteiger partial charge < -0.3 is 4.74 Å². The highest BCUT2D eigenvalue weighted by molar-refractivity contribution is 9.10. The van der Waals surface area contributed by atoms with E-state index in [0.717, 1.165) is 11.5 Å². The van der Waals surface area contributed by atoms with Crippen LogP contribution in [0, 0.1) is 17.1 Å². The summed E-state index contributed by atoms with van der Waals surface area (Å²) >= 11 is 4.05. The average Bonchev–Trinajstić information content (AvgIpc) is 3.09. The summed E-state index contributed by atoms with van der Waals surface area (Å²) in [6, 6.07) is 9.51. The van der Waals surface area contributed by atoms with Crippen LogP contribution in [0.25, 0.3) is 0 Å². The number of anilines is 1. The molecule has 0 aliphatic heterocycles. The second-order valence-corrected chi connectivity index (χ2v) is 8.12. The van der Waals surface area contributed by atoms with E-state index in [2.05, 4.69) is 30.0 Å². The van der Waals surface area contributed by atoms with Crippen LogP contribution in [0.3, 0.4) is 0 Å². The Morgan fingerprint density at radius 2 is 2.00 bits per heavy atom. The van der Waals surface area contributed by atoms with Crippen LogP contribution < -0.4 is 9.46 Å². The van der Waals surface area contributed by atoms with Crippen LogP contribution in [0.15, 0.2) is 52.1 Å². The van der Waals surface area contributed by atoms with Crippen molar-refractivity contribution in [2.45, 2.75) is 4.90 Å². The quantitative estimate of drug-likeness (QED) is 0.626. The summed E-state index contributed by atoms with van der Waals surface area (Å²) in [4.78, 5) is 3.62. The van der Waals surface area contributed by atoms with Crippen LogP contribution in [-0.4, -0.2) is 17.8 Å². The molecule has 0 saturated carbocycles. The summed E-state index contributed by atoms with van der Waals surface area (Å²) in [5, 5.41) is 9.43. The minimum atomic E-state index is -3.93. The average molecular weight is 455 g/mol. The van der Waals surface area contributed by atoms with Gasteiger partial charge in [0.15, 0.2) is 0 Å². The normalized spacial score (nSPS) is 11.0. The van der Waals surface area contributed by atoms with E-state index in [4.69, 9.17) is 4.74 Å². The van der Waals surface area contributed by atoms with E-state index in [0.29, 0.717) is 4.47 Å². The van der Waals surface area contributed by atoms with Crippen molar-refractivity contribution in [2.24, 2.45) is 0 Å². The molecule has 7 nitrogen and oxygen atoms in total. The topological polar surface area (TPSA) is 105 Å². The molecule has 0 unspecified atom stereocenters. The van der Waals surface area contributed by atoms with Gasteiger partial charge in [-0.2, -0.15) is 9.64 Å². The zero-order valence-corrected chi connectivity index (χ0v) is 15.9. The third-order valence-corrected chi connectivity index (χ3v) is 5.74. The molecule has 0 fully saturated rings. The minimum Gasteiger partial charge on any atom is -0.455 e. The van der Waals surface area contributed by atoms with Gasteiger partial charge in [-0.25, -0.2) is 17.8 Å². The first kappa shape index (κ1) is 18.2. The fraction of sp³-hybridized carbons (Fsp3) is 0. The number of benzene rings is 2. The van der Waals surface area contributed by atoms with Crippen molar-refractivity contribution in [3.8, 4) is 17.6 Å². The lowest BCUT2D eigenvalue weighted by Crippen LogP contribution is -2.13. The Bertz CT molecular complexity index is 1100. The molecule has 0 radical (unpaired) electrons. The molecule has 0 saturated heterocycles. The van der Waals surface area contributed by atoms with E-state index in [-0.39, 0.29) is 27.1 Å². The molecule has 3 rings (SSSR count). The predicted octanol–water partition coefficient (Wildman–Crippen LogP) is 3.90. The highest BCUT2D eigenvalue weighted by Gasteiger charge is 2.19. The first-order chi connectivity index (χ1) is 12.4. The summed E-state index contributed by atoms with van der Waals surface area (Å²) in [7, 11) is -3.93. The van der Waals surface area contributed by atoms with Gasteiger partial charge in [-0.15, -0.1) is 0 Å². The van der Waals surface area contributed by atoms with E-state index in [9.17, 15) is 18.1 Å². The molecule has 1 aromatic heterocycles. The second-order valence-electron chi connectivity index (χ2n) is 4.80. The molecule has 2 aromatic carbocycles. The molecule has 26 heavy (non-hydrogen) atoms. The Morgan fingerprint density at radius 1 is 1.23 bits per heavy atom. The maximum atomic E-state index is 13.2. The van der Waals surface area contributed by atoms with E-state index < -0.39 is 15.8 Å². The van der Waals surface area contributed by atoms with Gasteiger partial charge in [0.1, 0.15) is 29.7 Å². The number of nitrogens with one attached hydrogen (secondary N) is 1. The van der Waals surface area contributed by atoms with Crippen LogP contribution in [0.4, 0.5) is 9.52 Å². The molecule has 0 aliphatic rings. The number of halogens is 2. The number of nitrogens with zero attached hydrogens (tertiary/aromatic N) is 3. The van der Waals surface area contributed by atoms with Gasteiger partial charge in [-0.1, -0.05) is 0 Å².